The summed E-state index contributed by atoms with van der Waals surface area (Å²) in [7, 11) is 0. The number of hydrogen-bond donors (Lipinski definition) is 1. The van der Waals surface area contributed by atoms with E-state index in [1.807, 2.05) is 0 Å². The highest BCUT2D eigenvalue weighted by atomic mass is 19.4. The number of halogens is 3. The lowest BCUT2D eigenvalue weighted by Gasteiger charge is -2.10. The van der Waals surface area contributed by atoms with E-state index >= 15 is 0 Å². The van der Waals surface area contributed by atoms with Gasteiger partial charge in [0.2, 0.25) is 5.56 Å². The Labute approximate surface area is 92.6 Å². The van der Waals surface area contributed by atoms with Crippen molar-refractivity contribution in [3.63, 3.8) is 0 Å². The van der Waals surface area contributed by atoms with Crippen molar-refractivity contribution in [3.8, 4) is 0 Å². The Balaban J connectivity index is 2.89. The number of pyridine rings is 1. The van der Waals surface area contributed by atoms with Crippen LogP contribution >= 0.6 is 0 Å². The minimum Gasteiger partial charge on any atom is -0.706 e. The van der Waals surface area contributed by atoms with Crippen LogP contribution in [0, 0.1) is 0 Å². The number of alkyl halides is 3. The molecule has 0 radical (unpaired) electrons. The number of benzene rings is 1. The van der Waals surface area contributed by atoms with E-state index < -0.39 is 17.3 Å². The van der Waals surface area contributed by atoms with Gasteiger partial charge in [-0.15, -0.1) is 0 Å². The molecule has 0 aliphatic heterocycles. The van der Waals surface area contributed by atoms with Crippen molar-refractivity contribution in [2.75, 3.05) is 0 Å². The molecular weight excluding hydrogens is 235 g/mol. The van der Waals surface area contributed by atoms with Gasteiger partial charge in [0.05, 0.1) is 5.56 Å². The summed E-state index contributed by atoms with van der Waals surface area (Å²) in [5, 5.41) is 2.59. The molecule has 0 aliphatic carbocycles. The summed E-state index contributed by atoms with van der Waals surface area (Å²) in [5.74, 6) is 0. The summed E-state index contributed by atoms with van der Waals surface area (Å²) in [6.07, 6.45) is -4.64. The third-order valence-electron chi connectivity index (χ3n) is 2.25. The van der Waals surface area contributed by atoms with Crippen LogP contribution in [-0.2, 0) is 6.18 Å². The number of aromatic amines is 1. The van der Waals surface area contributed by atoms with E-state index in [4.69, 9.17) is 5.53 Å². The predicted molar refractivity (Wildman–Crippen MR) is 55.0 cm³/mol. The zero-order valence-electron chi connectivity index (χ0n) is 8.25. The fourth-order valence-electron chi connectivity index (χ4n) is 1.54. The first kappa shape index (κ1) is 11.3. The first-order valence-corrected chi connectivity index (χ1v) is 4.51. The molecule has 1 aromatic heterocycles. The van der Waals surface area contributed by atoms with Gasteiger partial charge in [0.15, 0.2) is 0 Å². The Morgan fingerprint density at radius 1 is 1.24 bits per heavy atom. The molecule has 0 fully saturated rings. The van der Waals surface area contributed by atoms with Crippen LogP contribution in [0.5, 0.6) is 0 Å². The molecule has 0 saturated carbocycles. The van der Waals surface area contributed by atoms with E-state index in [-0.39, 0.29) is 16.6 Å². The van der Waals surface area contributed by atoms with Crippen LogP contribution in [0.25, 0.3) is 16.4 Å². The van der Waals surface area contributed by atoms with Crippen molar-refractivity contribution in [1.82, 2.24) is 4.98 Å². The van der Waals surface area contributed by atoms with Gasteiger partial charge in [0.25, 0.3) is 0 Å². The summed E-state index contributed by atoms with van der Waals surface area (Å²) in [6, 6.07) is 4.07. The SMILES string of the molecule is [N-]=Nc1ccc2[nH]c(=O)cc(C(F)(F)F)c2c1. The van der Waals surface area contributed by atoms with Gasteiger partial charge in [-0.05, 0) is 18.2 Å². The second-order valence-electron chi connectivity index (χ2n) is 3.37. The van der Waals surface area contributed by atoms with Crippen LogP contribution in [0.15, 0.2) is 34.2 Å². The summed E-state index contributed by atoms with van der Waals surface area (Å²) < 4.78 is 38.1. The van der Waals surface area contributed by atoms with Crippen LogP contribution in [0.3, 0.4) is 0 Å². The van der Waals surface area contributed by atoms with Gasteiger partial charge in [-0.2, -0.15) is 13.2 Å². The molecule has 4 nitrogen and oxygen atoms in total. The van der Waals surface area contributed by atoms with Crippen LogP contribution in [0.1, 0.15) is 5.56 Å². The average Bonchev–Trinajstić information content (AvgIpc) is 2.26. The second-order valence-corrected chi connectivity index (χ2v) is 3.37. The molecule has 0 spiro atoms. The lowest BCUT2D eigenvalue weighted by atomic mass is 10.1. The molecule has 0 unspecified atom stereocenters. The quantitative estimate of drug-likeness (QED) is 0.764. The third-order valence-corrected chi connectivity index (χ3v) is 2.25. The molecule has 1 heterocycles. The van der Waals surface area contributed by atoms with Crippen LogP contribution < -0.4 is 5.56 Å². The Morgan fingerprint density at radius 2 is 1.94 bits per heavy atom. The summed E-state index contributed by atoms with van der Waals surface area (Å²) in [4.78, 5) is 13.4. The zero-order valence-corrected chi connectivity index (χ0v) is 8.25. The van der Waals surface area contributed by atoms with Crippen molar-refractivity contribution in [2.45, 2.75) is 6.18 Å². The van der Waals surface area contributed by atoms with E-state index in [1.54, 1.807) is 0 Å². The third kappa shape index (κ3) is 2.03. The van der Waals surface area contributed by atoms with Crippen molar-refractivity contribution in [2.24, 2.45) is 5.11 Å². The monoisotopic (exact) mass is 240 g/mol. The number of aromatic nitrogens is 1. The normalized spacial score (nSPS) is 11.7. The lowest BCUT2D eigenvalue weighted by molar-refractivity contribution is -0.136. The van der Waals surface area contributed by atoms with E-state index in [2.05, 4.69) is 10.1 Å². The molecule has 1 N–H and O–H groups in total. The highest BCUT2D eigenvalue weighted by molar-refractivity contribution is 5.85. The topological polar surface area (TPSA) is 67.5 Å². The minimum absolute atomic E-state index is 0.0185. The molecular formula is C10H5F3N3O-. The summed E-state index contributed by atoms with van der Waals surface area (Å²) in [6.45, 7) is 0. The number of nitrogens with zero attached hydrogens (tertiary/aromatic N) is 2. The van der Waals surface area contributed by atoms with Gasteiger partial charge < -0.3 is 15.6 Å². The van der Waals surface area contributed by atoms with Crippen LogP contribution in [-0.4, -0.2) is 4.98 Å². The van der Waals surface area contributed by atoms with Crippen LogP contribution in [0.2, 0.25) is 0 Å². The number of hydrogen-bond acceptors (Lipinski definition) is 2. The largest absolute Gasteiger partial charge is 0.706 e. The first-order valence-electron chi connectivity index (χ1n) is 4.51. The van der Waals surface area contributed by atoms with E-state index in [1.165, 1.54) is 12.1 Å². The molecule has 1 aromatic carbocycles. The van der Waals surface area contributed by atoms with Crippen molar-refractivity contribution >= 4 is 16.6 Å². The second kappa shape index (κ2) is 3.69. The smallest absolute Gasteiger partial charge is 0.417 e. The average molecular weight is 240 g/mol. The van der Waals surface area contributed by atoms with Gasteiger partial charge in [-0.3, -0.25) is 4.79 Å². The zero-order chi connectivity index (χ0) is 12.6. The fourth-order valence-corrected chi connectivity index (χ4v) is 1.54. The molecule has 2 aromatic rings. The Morgan fingerprint density at radius 3 is 2.53 bits per heavy atom. The maximum Gasteiger partial charge on any atom is 0.417 e. The molecule has 0 atom stereocenters. The summed E-state index contributed by atoms with van der Waals surface area (Å²) >= 11 is 0. The Bertz CT molecular complexity index is 645. The van der Waals surface area contributed by atoms with Gasteiger partial charge in [-0.25, -0.2) is 0 Å². The van der Waals surface area contributed by atoms with Crippen LogP contribution in [0.4, 0.5) is 18.9 Å². The molecule has 2 rings (SSSR count). The molecule has 0 bridgehead atoms. The fraction of sp³-hybridized carbons (Fsp3) is 0.100. The predicted octanol–water partition coefficient (Wildman–Crippen LogP) is 3.20. The lowest BCUT2D eigenvalue weighted by Crippen LogP contribution is -2.13. The maximum atomic E-state index is 12.7. The highest BCUT2D eigenvalue weighted by Crippen LogP contribution is 2.34. The van der Waals surface area contributed by atoms with Crippen molar-refractivity contribution in [3.05, 3.63) is 45.7 Å². The number of rotatable bonds is 1. The number of H-pyrrole nitrogens is 1. The maximum absolute atomic E-state index is 12.7. The van der Waals surface area contributed by atoms with E-state index in [0.29, 0.717) is 6.07 Å². The molecule has 7 heteroatoms. The van der Waals surface area contributed by atoms with Crippen molar-refractivity contribution in [1.29, 1.82) is 0 Å². The highest BCUT2D eigenvalue weighted by Gasteiger charge is 2.33. The molecule has 17 heavy (non-hydrogen) atoms. The molecule has 0 amide bonds. The number of fused-ring (bicyclic) bond motifs is 1. The molecule has 0 saturated heterocycles. The van der Waals surface area contributed by atoms with Gasteiger partial charge in [0, 0.05) is 22.7 Å². The first-order chi connectivity index (χ1) is 7.91. The van der Waals surface area contributed by atoms with Gasteiger partial charge >= 0.3 is 6.18 Å². The van der Waals surface area contributed by atoms with E-state index in [0.717, 1.165) is 6.07 Å². The van der Waals surface area contributed by atoms with E-state index in [9.17, 15) is 18.0 Å². The molecule has 88 valence electrons. The van der Waals surface area contributed by atoms with Gasteiger partial charge in [0.1, 0.15) is 0 Å². The Hall–Kier alpha value is -2.18. The molecule has 0 aliphatic rings. The number of nitrogens with one attached hydrogen (secondary N) is 1. The standard InChI is InChI=1S/C10H5F3N3O/c11-10(12,13)7-4-9(17)15-8-2-1-5(16-14)3-6(7)8/h1-4H,(H,15,17)/q-1. The van der Waals surface area contributed by atoms with Gasteiger partial charge in [-0.1, -0.05) is 0 Å². The Kier molecular flexibility index (Phi) is 2.45. The summed E-state index contributed by atoms with van der Waals surface area (Å²) in [5.41, 5.74) is 6.65. The van der Waals surface area contributed by atoms with Crippen molar-refractivity contribution < 1.29 is 13.2 Å². The minimum atomic E-state index is -4.64.